The van der Waals surface area contributed by atoms with Gasteiger partial charge in [-0.1, -0.05) is 12.8 Å². The zero-order chi connectivity index (χ0) is 13.2. The summed E-state index contributed by atoms with van der Waals surface area (Å²) in [5.74, 6) is 0.0675. The highest BCUT2D eigenvalue weighted by atomic mass is 16.2. The molecule has 3 rings (SSSR count). The Morgan fingerprint density at radius 2 is 1.79 bits per heavy atom. The van der Waals surface area contributed by atoms with Crippen molar-refractivity contribution in [2.75, 3.05) is 32.7 Å². The summed E-state index contributed by atoms with van der Waals surface area (Å²) in [4.78, 5) is 28.0. The third-order valence-corrected chi connectivity index (χ3v) is 4.79. The molecule has 106 valence electrons. The van der Waals surface area contributed by atoms with E-state index in [1.807, 2.05) is 4.90 Å². The van der Waals surface area contributed by atoms with Crippen molar-refractivity contribution in [2.45, 2.75) is 38.1 Å². The molecule has 0 aromatic rings. The SMILES string of the molecule is O=C1CC(C(=O)N2CCN(C3CCCC3)CC2)CN1. The summed E-state index contributed by atoms with van der Waals surface area (Å²) in [6, 6.07) is 0.756. The fourth-order valence-corrected chi connectivity index (χ4v) is 3.61. The van der Waals surface area contributed by atoms with Gasteiger partial charge >= 0.3 is 0 Å². The van der Waals surface area contributed by atoms with Crippen LogP contribution in [0.15, 0.2) is 0 Å². The maximum atomic E-state index is 12.3. The first-order chi connectivity index (χ1) is 9.24. The lowest BCUT2D eigenvalue weighted by molar-refractivity contribution is -0.137. The van der Waals surface area contributed by atoms with Gasteiger partial charge < -0.3 is 10.2 Å². The third-order valence-electron chi connectivity index (χ3n) is 4.79. The first-order valence-corrected chi connectivity index (χ1v) is 7.53. The van der Waals surface area contributed by atoms with Crippen LogP contribution in [0, 0.1) is 5.92 Å². The summed E-state index contributed by atoms with van der Waals surface area (Å²) in [7, 11) is 0. The van der Waals surface area contributed by atoms with E-state index < -0.39 is 0 Å². The minimum atomic E-state index is -0.120. The number of carbonyl (C=O) groups is 2. The zero-order valence-corrected chi connectivity index (χ0v) is 11.4. The summed E-state index contributed by atoms with van der Waals surface area (Å²) in [5, 5.41) is 2.75. The molecule has 0 aromatic heterocycles. The molecule has 5 nitrogen and oxygen atoms in total. The van der Waals surface area contributed by atoms with Crippen molar-refractivity contribution < 1.29 is 9.59 Å². The van der Waals surface area contributed by atoms with Gasteiger partial charge in [0, 0.05) is 45.2 Å². The maximum Gasteiger partial charge on any atom is 0.228 e. The van der Waals surface area contributed by atoms with E-state index in [2.05, 4.69) is 10.2 Å². The molecule has 0 bridgehead atoms. The average molecular weight is 265 g/mol. The van der Waals surface area contributed by atoms with E-state index in [1.54, 1.807) is 0 Å². The topological polar surface area (TPSA) is 52.7 Å². The van der Waals surface area contributed by atoms with E-state index in [4.69, 9.17) is 0 Å². The standard InChI is InChI=1S/C14H23N3O2/c18-13-9-11(10-15-13)14(19)17-7-5-16(6-8-17)12-3-1-2-4-12/h11-12H,1-10H2,(H,15,18). The Bertz CT molecular complexity index is 358. The number of carbonyl (C=O) groups excluding carboxylic acids is 2. The van der Waals surface area contributed by atoms with Crippen molar-refractivity contribution in [3.8, 4) is 0 Å². The normalized spacial score (nSPS) is 29.8. The fraction of sp³-hybridized carbons (Fsp3) is 0.857. The van der Waals surface area contributed by atoms with Gasteiger partial charge in [0.25, 0.3) is 0 Å². The molecule has 2 saturated heterocycles. The number of nitrogens with zero attached hydrogens (tertiary/aromatic N) is 2. The molecule has 0 radical (unpaired) electrons. The van der Waals surface area contributed by atoms with Crippen LogP contribution in [0.1, 0.15) is 32.1 Å². The lowest BCUT2D eigenvalue weighted by atomic mass is 10.1. The molecular formula is C14H23N3O2. The summed E-state index contributed by atoms with van der Waals surface area (Å²) in [6.07, 6.45) is 5.75. The molecule has 2 aliphatic heterocycles. The molecule has 1 atom stereocenters. The van der Waals surface area contributed by atoms with Crippen molar-refractivity contribution in [2.24, 2.45) is 5.92 Å². The Morgan fingerprint density at radius 3 is 2.37 bits per heavy atom. The van der Waals surface area contributed by atoms with Crippen molar-refractivity contribution >= 4 is 11.8 Å². The van der Waals surface area contributed by atoms with Gasteiger partial charge in [-0.2, -0.15) is 0 Å². The van der Waals surface area contributed by atoms with Crippen molar-refractivity contribution in [1.29, 1.82) is 0 Å². The largest absolute Gasteiger partial charge is 0.355 e. The van der Waals surface area contributed by atoms with Crippen molar-refractivity contribution in [3.63, 3.8) is 0 Å². The van der Waals surface area contributed by atoms with E-state index in [9.17, 15) is 9.59 Å². The van der Waals surface area contributed by atoms with E-state index in [1.165, 1.54) is 25.7 Å². The minimum absolute atomic E-state index is 0.0166. The van der Waals surface area contributed by atoms with Gasteiger partial charge in [0.15, 0.2) is 0 Å². The molecule has 3 fully saturated rings. The van der Waals surface area contributed by atoms with Gasteiger partial charge in [-0.15, -0.1) is 0 Å². The Labute approximate surface area is 114 Å². The molecule has 2 heterocycles. The minimum Gasteiger partial charge on any atom is -0.355 e. The van der Waals surface area contributed by atoms with Crippen molar-refractivity contribution in [1.82, 2.24) is 15.1 Å². The quantitative estimate of drug-likeness (QED) is 0.776. The highest BCUT2D eigenvalue weighted by Gasteiger charge is 2.34. The molecule has 3 aliphatic rings. The summed E-state index contributed by atoms with van der Waals surface area (Å²) in [5.41, 5.74) is 0. The van der Waals surface area contributed by atoms with Crippen LogP contribution in [0.25, 0.3) is 0 Å². The maximum absolute atomic E-state index is 12.3. The molecule has 0 aromatic carbocycles. The van der Waals surface area contributed by atoms with Gasteiger partial charge in [-0.05, 0) is 12.8 Å². The monoisotopic (exact) mass is 265 g/mol. The summed E-state index contributed by atoms with van der Waals surface area (Å²) < 4.78 is 0. The van der Waals surface area contributed by atoms with Crippen LogP contribution in [0.2, 0.25) is 0 Å². The van der Waals surface area contributed by atoms with E-state index in [0.717, 1.165) is 32.2 Å². The first kappa shape index (κ1) is 12.9. The molecule has 0 spiro atoms. The Balaban J connectivity index is 1.49. The second-order valence-electron chi connectivity index (χ2n) is 6.00. The predicted octanol–water partition coefficient (Wildman–Crippen LogP) is 0.209. The van der Waals surface area contributed by atoms with Gasteiger partial charge in [0.1, 0.15) is 0 Å². The summed E-state index contributed by atoms with van der Waals surface area (Å²) >= 11 is 0. The number of rotatable bonds is 2. The molecule has 1 saturated carbocycles. The Morgan fingerprint density at radius 1 is 1.11 bits per heavy atom. The lowest BCUT2D eigenvalue weighted by Gasteiger charge is -2.38. The van der Waals surface area contributed by atoms with Gasteiger partial charge in [-0.25, -0.2) is 0 Å². The molecule has 1 N–H and O–H groups in total. The second kappa shape index (κ2) is 5.49. The Kier molecular flexibility index (Phi) is 3.73. The van der Waals surface area contributed by atoms with Crippen LogP contribution in [0.3, 0.4) is 0 Å². The van der Waals surface area contributed by atoms with Crippen LogP contribution in [-0.2, 0) is 9.59 Å². The number of amides is 2. The highest BCUT2D eigenvalue weighted by molar-refractivity contribution is 5.89. The van der Waals surface area contributed by atoms with Crippen LogP contribution in [0.5, 0.6) is 0 Å². The molecule has 2 amide bonds. The van der Waals surface area contributed by atoms with Crippen molar-refractivity contribution in [3.05, 3.63) is 0 Å². The average Bonchev–Trinajstić information content (AvgIpc) is 3.09. The zero-order valence-electron chi connectivity index (χ0n) is 11.4. The van der Waals surface area contributed by atoms with Crippen LogP contribution in [-0.4, -0.2) is 60.4 Å². The molecular weight excluding hydrogens is 242 g/mol. The first-order valence-electron chi connectivity index (χ1n) is 7.53. The highest BCUT2D eigenvalue weighted by Crippen LogP contribution is 2.24. The van der Waals surface area contributed by atoms with Crippen LogP contribution < -0.4 is 5.32 Å². The van der Waals surface area contributed by atoms with E-state index in [0.29, 0.717) is 13.0 Å². The summed E-state index contributed by atoms with van der Waals surface area (Å²) in [6.45, 7) is 4.20. The van der Waals surface area contributed by atoms with Gasteiger partial charge in [-0.3, -0.25) is 14.5 Å². The number of hydrogen-bond acceptors (Lipinski definition) is 3. The fourth-order valence-electron chi connectivity index (χ4n) is 3.61. The molecule has 5 heteroatoms. The van der Waals surface area contributed by atoms with Gasteiger partial charge in [0.2, 0.25) is 11.8 Å². The third kappa shape index (κ3) is 2.76. The molecule has 19 heavy (non-hydrogen) atoms. The smallest absolute Gasteiger partial charge is 0.228 e. The number of nitrogens with one attached hydrogen (secondary N) is 1. The second-order valence-corrected chi connectivity index (χ2v) is 6.00. The molecule has 1 unspecified atom stereocenters. The Hall–Kier alpha value is -1.10. The van der Waals surface area contributed by atoms with Gasteiger partial charge in [0.05, 0.1) is 5.92 Å². The van der Waals surface area contributed by atoms with E-state index in [-0.39, 0.29) is 17.7 Å². The molecule has 1 aliphatic carbocycles. The number of hydrogen-bond donors (Lipinski definition) is 1. The van der Waals surface area contributed by atoms with Crippen LogP contribution in [0.4, 0.5) is 0 Å². The number of piperazine rings is 1. The predicted molar refractivity (Wildman–Crippen MR) is 71.5 cm³/mol. The lowest BCUT2D eigenvalue weighted by Crippen LogP contribution is -2.52. The van der Waals surface area contributed by atoms with E-state index >= 15 is 0 Å². The van der Waals surface area contributed by atoms with Crippen LogP contribution >= 0.6 is 0 Å².